The van der Waals surface area contributed by atoms with E-state index in [1.165, 1.54) is 6.33 Å². The first kappa shape index (κ1) is 20.9. The number of aromatic nitrogens is 2. The Bertz CT molecular complexity index is 1450. The molecule has 0 saturated carbocycles. The molecule has 0 amide bonds. The Hall–Kier alpha value is -4.98. The first-order valence-electron chi connectivity index (χ1n) is 10.5. The van der Waals surface area contributed by atoms with Crippen LogP contribution in [0.5, 0.6) is 11.5 Å². The number of para-hydroxylation sites is 1. The van der Waals surface area contributed by atoms with Gasteiger partial charge in [-0.1, -0.05) is 54.6 Å². The van der Waals surface area contributed by atoms with E-state index in [0.717, 1.165) is 16.5 Å². The van der Waals surface area contributed by atoms with Gasteiger partial charge in [0, 0.05) is 16.8 Å². The Labute approximate surface area is 195 Å². The second-order valence-corrected chi connectivity index (χ2v) is 7.39. The highest BCUT2D eigenvalue weighted by Crippen LogP contribution is 2.35. The van der Waals surface area contributed by atoms with E-state index in [1.807, 2.05) is 72.8 Å². The van der Waals surface area contributed by atoms with Gasteiger partial charge in [0.15, 0.2) is 0 Å². The summed E-state index contributed by atoms with van der Waals surface area (Å²) in [6, 6.07) is 30.0. The molecule has 166 valence electrons. The lowest BCUT2D eigenvalue weighted by Crippen LogP contribution is -2.05. The number of benzene rings is 4. The maximum absolute atomic E-state index is 12.0. The summed E-state index contributed by atoms with van der Waals surface area (Å²) in [5, 5.41) is 20.0. The molecule has 5 rings (SSSR count). The molecule has 2 N–H and O–H groups in total. The van der Waals surface area contributed by atoms with E-state index in [4.69, 9.17) is 4.74 Å². The quantitative estimate of drug-likeness (QED) is 0.208. The van der Waals surface area contributed by atoms with Crippen molar-refractivity contribution in [2.45, 2.75) is 0 Å². The highest BCUT2D eigenvalue weighted by atomic mass is 16.6. The maximum Gasteiger partial charge on any atom is 0.353 e. The second kappa shape index (κ2) is 9.25. The fourth-order valence-electron chi connectivity index (χ4n) is 3.56. The van der Waals surface area contributed by atoms with E-state index in [1.54, 1.807) is 24.3 Å². The monoisotopic (exact) mass is 449 g/mol. The molecule has 0 saturated heterocycles. The van der Waals surface area contributed by atoms with Crippen LogP contribution in [0.25, 0.3) is 10.8 Å². The summed E-state index contributed by atoms with van der Waals surface area (Å²) in [6.45, 7) is 0. The lowest BCUT2D eigenvalue weighted by molar-refractivity contribution is -0.383. The molecule has 1 aromatic heterocycles. The third-order valence-electron chi connectivity index (χ3n) is 5.14. The van der Waals surface area contributed by atoms with Gasteiger partial charge in [0.05, 0.1) is 4.92 Å². The Morgan fingerprint density at radius 1 is 0.706 bits per heavy atom. The van der Waals surface area contributed by atoms with Crippen molar-refractivity contribution in [1.82, 2.24) is 9.97 Å². The molecule has 0 spiro atoms. The number of hydrogen-bond acceptors (Lipinski definition) is 7. The fraction of sp³-hybridized carbons (Fsp3) is 0. The minimum Gasteiger partial charge on any atom is -0.457 e. The molecule has 0 aliphatic carbocycles. The fourth-order valence-corrected chi connectivity index (χ4v) is 3.56. The molecule has 0 bridgehead atoms. The van der Waals surface area contributed by atoms with E-state index in [0.29, 0.717) is 17.1 Å². The molecule has 0 aliphatic heterocycles. The number of hydrogen-bond donors (Lipinski definition) is 2. The van der Waals surface area contributed by atoms with Gasteiger partial charge in [-0.3, -0.25) is 10.1 Å². The van der Waals surface area contributed by atoms with Crippen molar-refractivity contribution in [3.05, 3.63) is 114 Å². The number of nitrogens with one attached hydrogen (secondary N) is 2. The third kappa shape index (κ3) is 4.46. The Kier molecular flexibility index (Phi) is 5.69. The van der Waals surface area contributed by atoms with Crippen LogP contribution in [0.3, 0.4) is 0 Å². The molecule has 0 aliphatic rings. The summed E-state index contributed by atoms with van der Waals surface area (Å²) in [6.07, 6.45) is 1.29. The van der Waals surface area contributed by atoms with Gasteiger partial charge in [-0.25, -0.2) is 9.97 Å². The summed E-state index contributed by atoms with van der Waals surface area (Å²) in [7, 11) is 0. The van der Waals surface area contributed by atoms with Crippen LogP contribution in [0.1, 0.15) is 0 Å². The lowest BCUT2D eigenvalue weighted by Gasteiger charge is -2.12. The summed E-state index contributed by atoms with van der Waals surface area (Å²) >= 11 is 0. The van der Waals surface area contributed by atoms with Crippen molar-refractivity contribution in [2.75, 3.05) is 10.6 Å². The van der Waals surface area contributed by atoms with Crippen LogP contribution in [0.2, 0.25) is 0 Å². The Balaban J connectivity index is 1.41. The van der Waals surface area contributed by atoms with Crippen LogP contribution in [0.15, 0.2) is 103 Å². The standard InChI is InChI=1S/C26H19N5O3/c32-31(33)24-25(29-19-13-15-21(16-14-19)34-20-9-2-1-3-10-20)27-17-28-26(24)30-23-12-6-8-18-7-4-5-11-22(18)23/h1-17H,(H2,27,28,29,30). The van der Waals surface area contributed by atoms with Crippen LogP contribution < -0.4 is 15.4 Å². The zero-order valence-corrected chi connectivity index (χ0v) is 17.9. The SMILES string of the molecule is O=[N+]([O-])c1c(Nc2ccc(Oc3ccccc3)cc2)ncnc1Nc1cccc2ccccc12. The van der Waals surface area contributed by atoms with Crippen molar-refractivity contribution < 1.29 is 9.66 Å². The first-order valence-corrected chi connectivity index (χ1v) is 10.5. The maximum atomic E-state index is 12.0. The lowest BCUT2D eigenvalue weighted by atomic mass is 10.1. The average Bonchev–Trinajstić information content (AvgIpc) is 2.86. The smallest absolute Gasteiger partial charge is 0.353 e. The van der Waals surface area contributed by atoms with Crippen molar-refractivity contribution in [1.29, 1.82) is 0 Å². The van der Waals surface area contributed by atoms with Crippen molar-refractivity contribution in [3.8, 4) is 11.5 Å². The molecule has 4 aromatic carbocycles. The van der Waals surface area contributed by atoms with E-state index >= 15 is 0 Å². The van der Waals surface area contributed by atoms with E-state index < -0.39 is 4.92 Å². The summed E-state index contributed by atoms with van der Waals surface area (Å²) in [4.78, 5) is 19.7. The molecule has 34 heavy (non-hydrogen) atoms. The minimum atomic E-state index is -0.497. The normalized spacial score (nSPS) is 10.6. The van der Waals surface area contributed by atoms with Crippen molar-refractivity contribution in [3.63, 3.8) is 0 Å². The van der Waals surface area contributed by atoms with Gasteiger partial charge < -0.3 is 15.4 Å². The van der Waals surface area contributed by atoms with Gasteiger partial charge in [0.25, 0.3) is 0 Å². The number of fused-ring (bicyclic) bond motifs is 1. The van der Waals surface area contributed by atoms with Gasteiger partial charge in [-0.05, 0) is 47.9 Å². The number of nitro groups is 1. The highest BCUT2D eigenvalue weighted by Gasteiger charge is 2.23. The number of anilines is 4. The zero-order valence-electron chi connectivity index (χ0n) is 17.9. The van der Waals surface area contributed by atoms with Gasteiger partial charge in [0.1, 0.15) is 17.8 Å². The largest absolute Gasteiger partial charge is 0.457 e. The Morgan fingerprint density at radius 2 is 1.35 bits per heavy atom. The van der Waals surface area contributed by atoms with Crippen LogP contribution in [0.4, 0.5) is 28.7 Å². The van der Waals surface area contributed by atoms with Crippen molar-refractivity contribution in [2.24, 2.45) is 0 Å². The molecule has 0 radical (unpaired) electrons. The molecule has 0 unspecified atom stereocenters. The second-order valence-electron chi connectivity index (χ2n) is 7.39. The van der Waals surface area contributed by atoms with E-state index in [2.05, 4.69) is 20.6 Å². The minimum absolute atomic E-state index is 0.0828. The summed E-state index contributed by atoms with van der Waals surface area (Å²) in [5.41, 5.74) is 1.09. The average molecular weight is 449 g/mol. The number of nitrogens with zero attached hydrogens (tertiary/aromatic N) is 3. The molecule has 0 atom stereocenters. The Morgan fingerprint density at radius 3 is 2.12 bits per heavy atom. The number of ether oxygens (including phenoxy) is 1. The van der Waals surface area contributed by atoms with Crippen LogP contribution in [-0.4, -0.2) is 14.9 Å². The zero-order chi connectivity index (χ0) is 23.3. The molecule has 5 aromatic rings. The van der Waals surface area contributed by atoms with E-state index in [-0.39, 0.29) is 17.3 Å². The summed E-state index contributed by atoms with van der Waals surface area (Å²) < 4.78 is 5.79. The van der Waals surface area contributed by atoms with Crippen LogP contribution in [-0.2, 0) is 0 Å². The van der Waals surface area contributed by atoms with Crippen LogP contribution in [0, 0.1) is 10.1 Å². The molecule has 8 nitrogen and oxygen atoms in total. The summed E-state index contributed by atoms with van der Waals surface area (Å²) in [5.74, 6) is 1.55. The molecular weight excluding hydrogens is 430 g/mol. The van der Waals surface area contributed by atoms with Crippen molar-refractivity contribution >= 4 is 39.5 Å². The van der Waals surface area contributed by atoms with Gasteiger partial charge in [-0.15, -0.1) is 0 Å². The number of rotatable bonds is 7. The van der Waals surface area contributed by atoms with Gasteiger partial charge in [-0.2, -0.15) is 0 Å². The third-order valence-corrected chi connectivity index (χ3v) is 5.14. The highest BCUT2D eigenvalue weighted by molar-refractivity contribution is 5.96. The molecule has 0 fully saturated rings. The van der Waals surface area contributed by atoms with Gasteiger partial charge >= 0.3 is 5.69 Å². The predicted octanol–water partition coefficient (Wildman–Crippen LogP) is 6.82. The van der Waals surface area contributed by atoms with Gasteiger partial charge in [0.2, 0.25) is 11.6 Å². The molecule has 8 heteroatoms. The predicted molar refractivity (Wildman–Crippen MR) is 132 cm³/mol. The first-order chi connectivity index (χ1) is 16.7. The molecular formula is C26H19N5O3. The molecule has 1 heterocycles. The topological polar surface area (TPSA) is 102 Å². The van der Waals surface area contributed by atoms with E-state index in [9.17, 15) is 10.1 Å². The van der Waals surface area contributed by atoms with Crippen LogP contribution >= 0.6 is 0 Å².